The van der Waals surface area contributed by atoms with Gasteiger partial charge >= 0.3 is 12.0 Å². The Morgan fingerprint density at radius 3 is 2.52 bits per heavy atom. The van der Waals surface area contributed by atoms with Crippen LogP contribution >= 0.6 is 0 Å². The number of urea groups is 1. The van der Waals surface area contributed by atoms with E-state index in [1.165, 1.54) is 0 Å². The number of ether oxygens (including phenoxy) is 1. The third-order valence-corrected chi connectivity index (χ3v) is 2.71. The summed E-state index contributed by atoms with van der Waals surface area (Å²) in [5.74, 6) is 0.00501. The summed E-state index contributed by atoms with van der Waals surface area (Å²) in [5, 5.41) is 5.18. The molecule has 5 heteroatoms. The van der Waals surface area contributed by atoms with Gasteiger partial charge in [0.25, 0.3) is 0 Å². The number of carbonyl (C=O) groups is 2. The summed E-state index contributed by atoms with van der Waals surface area (Å²) in [4.78, 5) is 23.2. The summed E-state index contributed by atoms with van der Waals surface area (Å²) in [6, 6.07) is 6.97. The van der Waals surface area contributed by atoms with Crippen LogP contribution in [-0.4, -0.2) is 25.1 Å². The molecule has 1 rings (SSSR count). The third-order valence-electron chi connectivity index (χ3n) is 2.71. The minimum atomic E-state index is -0.492. The summed E-state index contributed by atoms with van der Waals surface area (Å²) in [5.41, 5.74) is 1.09. The monoisotopic (exact) mass is 292 g/mol. The Hall–Kier alpha value is -2.04. The fourth-order valence-electron chi connectivity index (χ4n) is 1.56. The molecule has 0 unspecified atom stereocenters. The molecule has 2 N–H and O–H groups in total. The SMILES string of the molecule is CCc1cccc(OC(=O)CNC(=O)NCC(C)(C)C)c1. The molecule has 0 saturated carbocycles. The summed E-state index contributed by atoms with van der Waals surface area (Å²) in [6.07, 6.45) is 0.874. The number of rotatable bonds is 5. The molecule has 0 aliphatic heterocycles. The number of nitrogens with one attached hydrogen (secondary N) is 2. The van der Waals surface area contributed by atoms with Crippen molar-refractivity contribution in [2.45, 2.75) is 34.1 Å². The van der Waals surface area contributed by atoms with Crippen molar-refractivity contribution < 1.29 is 14.3 Å². The largest absolute Gasteiger partial charge is 0.425 e. The first kappa shape index (κ1) is 17.0. The summed E-state index contributed by atoms with van der Waals surface area (Å²) < 4.78 is 5.17. The van der Waals surface area contributed by atoms with E-state index in [1.807, 2.05) is 45.9 Å². The van der Waals surface area contributed by atoms with Crippen LogP contribution in [0.5, 0.6) is 5.75 Å². The molecule has 21 heavy (non-hydrogen) atoms. The van der Waals surface area contributed by atoms with Crippen molar-refractivity contribution in [1.29, 1.82) is 0 Å². The lowest BCUT2D eigenvalue weighted by Crippen LogP contribution is -2.42. The Bertz CT molecular complexity index is 493. The Kier molecular flexibility index (Phi) is 6.21. The molecule has 0 heterocycles. The highest BCUT2D eigenvalue weighted by Gasteiger charge is 2.13. The number of aryl methyl sites for hydroxylation is 1. The van der Waals surface area contributed by atoms with E-state index in [4.69, 9.17) is 4.74 Å². The highest BCUT2D eigenvalue weighted by molar-refractivity contribution is 5.81. The quantitative estimate of drug-likeness (QED) is 0.647. The zero-order chi connectivity index (χ0) is 15.9. The maximum atomic E-state index is 11.7. The molecular weight excluding hydrogens is 268 g/mol. The molecule has 1 aromatic rings. The van der Waals surface area contributed by atoms with Crippen LogP contribution in [0.25, 0.3) is 0 Å². The summed E-state index contributed by atoms with van der Waals surface area (Å²) >= 11 is 0. The van der Waals surface area contributed by atoms with E-state index < -0.39 is 5.97 Å². The smallest absolute Gasteiger partial charge is 0.330 e. The lowest BCUT2D eigenvalue weighted by Gasteiger charge is -2.18. The van der Waals surface area contributed by atoms with Gasteiger partial charge in [0, 0.05) is 6.54 Å². The topological polar surface area (TPSA) is 67.4 Å². The minimum Gasteiger partial charge on any atom is -0.425 e. The second-order valence-electron chi connectivity index (χ2n) is 6.07. The first-order valence-corrected chi connectivity index (χ1v) is 7.11. The number of esters is 1. The molecular formula is C16H24N2O3. The highest BCUT2D eigenvalue weighted by atomic mass is 16.5. The van der Waals surface area contributed by atoms with E-state index in [0.717, 1.165) is 12.0 Å². The Morgan fingerprint density at radius 1 is 1.19 bits per heavy atom. The number of hydrogen-bond donors (Lipinski definition) is 2. The van der Waals surface area contributed by atoms with E-state index in [-0.39, 0.29) is 18.0 Å². The Labute approximate surface area is 126 Å². The first-order chi connectivity index (χ1) is 9.80. The van der Waals surface area contributed by atoms with Gasteiger partial charge in [-0.05, 0) is 29.5 Å². The van der Waals surface area contributed by atoms with Crippen LogP contribution in [0.15, 0.2) is 24.3 Å². The van der Waals surface area contributed by atoms with Gasteiger partial charge in [0.2, 0.25) is 0 Å². The van der Waals surface area contributed by atoms with Crippen LogP contribution in [0.4, 0.5) is 4.79 Å². The van der Waals surface area contributed by atoms with Gasteiger partial charge in [-0.15, -0.1) is 0 Å². The maximum Gasteiger partial charge on any atom is 0.330 e. The summed E-state index contributed by atoms with van der Waals surface area (Å²) in [6.45, 7) is 8.45. The molecule has 0 aliphatic rings. The molecule has 5 nitrogen and oxygen atoms in total. The van der Waals surface area contributed by atoms with Gasteiger partial charge in [-0.25, -0.2) is 9.59 Å². The maximum absolute atomic E-state index is 11.7. The van der Waals surface area contributed by atoms with Crippen molar-refractivity contribution in [3.63, 3.8) is 0 Å². The molecule has 2 amide bonds. The third kappa shape index (κ3) is 7.34. The molecule has 0 spiro atoms. The zero-order valence-electron chi connectivity index (χ0n) is 13.2. The van der Waals surface area contributed by atoms with E-state index in [0.29, 0.717) is 12.3 Å². The van der Waals surface area contributed by atoms with Gasteiger partial charge in [0.05, 0.1) is 0 Å². The number of benzene rings is 1. The van der Waals surface area contributed by atoms with Crippen molar-refractivity contribution in [3.05, 3.63) is 29.8 Å². The van der Waals surface area contributed by atoms with Gasteiger partial charge in [0.1, 0.15) is 12.3 Å². The average molecular weight is 292 g/mol. The molecule has 0 atom stereocenters. The van der Waals surface area contributed by atoms with Crippen molar-refractivity contribution in [2.24, 2.45) is 5.41 Å². The van der Waals surface area contributed by atoms with Crippen LogP contribution in [0.3, 0.4) is 0 Å². The van der Waals surface area contributed by atoms with E-state index in [9.17, 15) is 9.59 Å². The van der Waals surface area contributed by atoms with Crippen LogP contribution < -0.4 is 15.4 Å². The summed E-state index contributed by atoms with van der Waals surface area (Å²) in [7, 11) is 0. The zero-order valence-corrected chi connectivity index (χ0v) is 13.2. The number of carbonyl (C=O) groups excluding carboxylic acids is 2. The van der Waals surface area contributed by atoms with Gasteiger partial charge in [0.15, 0.2) is 0 Å². The molecule has 0 radical (unpaired) electrons. The standard InChI is InChI=1S/C16H24N2O3/c1-5-12-7-6-8-13(9-12)21-14(19)10-17-15(20)18-11-16(2,3)4/h6-9H,5,10-11H2,1-4H3,(H2,17,18,20). The Morgan fingerprint density at radius 2 is 1.90 bits per heavy atom. The van der Waals surface area contributed by atoms with Crippen LogP contribution in [0.2, 0.25) is 0 Å². The van der Waals surface area contributed by atoms with E-state index in [1.54, 1.807) is 6.07 Å². The van der Waals surface area contributed by atoms with Crippen molar-refractivity contribution >= 4 is 12.0 Å². The molecule has 0 bridgehead atoms. The van der Waals surface area contributed by atoms with Crippen molar-refractivity contribution in [3.8, 4) is 5.75 Å². The molecule has 0 aromatic heterocycles. The van der Waals surface area contributed by atoms with E-state index >= 15 is 0 Å². The lowest BCUT2D eigenvalue weighted by molar-refractivity contribution is -0.133. The predicted molar refractivity (Wildman–Crippen MR) is 82.3 cm³/mol. The van der Waals surface area contributed by atoms with Crippen molar-refractivity contribution in [2.75, 3.05) is 13.1 Å². The van der Waals surface area contributed by atoms with Gasteiger partial charge in [-0.1, -0.05) is 39.8 Å². The van der Waals surface area contributed by atoms with Crippen molar-refractivity contribution in [1.82, 2.24) is 10.6 Å². The fourth-order valence-corrected chi connectivity index (χ4v) is 1.56. The molecule has 116 valence electrons. The minimum absolute atomic E-state index is 0.00155. The van der Waals surface area contributed by atoms with Crippen LogP contribution in [0.1, 0.15) is 33.3 Å². The van der Waals surface area contributed by atoms with Crippen LogP contribution in [0, 0.1) is 5.41 Å². The number of amides is 2. The van der Waals surface area contributed by atoms with Crippen LogP contribution in [-0.2, 0) is 11.2 Å². The normalized spacial score (nSPS) is 10.9. The highest BCUT2D eigenvalue weighted by Crippen LogP contribution is 2.13. The van der Waals surface area contributed by atoms with E-state index in [2.05, 4.69) is 10.6 Å². The predicted octanol–water partition coefficient (Wildman–Crippen LogP) is 2.50. The lowest BCUT2D eigenvalue weighted by atomic mass is 9.97. The second-order valence-corrected chi connectivity index (χ2v) is 6.07. The molecule has 0 saturated heterocycles. The molecule has 0 fully saturated rings. The first-order valence-electron chi connectivity index (χ1n) is 7.11. The molecule has 1 aromatic carbocycles. The Balaban J connectivity index is 2.35. The van der Waals surface area contributed by atoms with Gasteiger partial charge < -0.3 is 15.4 Å². The fraction of sp³-hybridized carbons (Fsp3) is 0.500. The second kappa shape index (κ2) is 7.67. The van der Waals surface area contributed by atoms with Gasteiger partial charge in [-0.2, -0.15) is 0 Å². The average Bonchev–Trinajstić information content (AvgIpc) is 2.42. The van der Waals surface area contributed by atoms with Gasteiger partial charge in [-0.3, -0.25) is 0 Å². The number of hydrogen-bond acceptors (Lipinski definition) is 3. The molecule has 0 aliphatic carbocycles.